The average molecular weight is 471 g/mol. The van der Waals surface area contributed by atoms with E-state index in [4.69, 9.17) is 10.5 Å². The zero-order valence-electron chi connectivity index (χ0n) is 19.1. The zero-order chi connectivity index (χ0) is 24.2. The van der Waals surface area contributed by atoms with Crippen LogP contribution < -0.4 is 0 Å². The van der Waals surface area contributed by atoms with E-state index in [2.05, 4.69) is 50.2 Å². The lowest BCUT2D eigenvalue weighted by molar-refractivity contribution is -0.123. The van der Waals surface area contributed by atoms with Gasteiger partial charge in [0.05, 0.1) is 23.7 Å². The number of Topliss-reactive ketones (excluding diaryl/α,β-unsaturated/α-hetero) is 1. The summed E-state index contributed by atoms with van der Waals surface area (Å²) in [5.41, 5.74) is 3.12. The molecule has 1 fully saturated rings. The summed E-state index contributed by atoms with van der Waals surface area (Å²) in [5, 5.41) is 18.2. The van der Waals surface area contributed by atoms with Gasteiger partial charge in [-0.25, -0.2) is 9.97 Å². The third-order valence-corrected chi connectivity index (χ3v) is 6.09. The van der Waals surface area contributed by atoms with Crippen molar-refractivity contribution in [3.05, 3.63) is 72.1 Å². The molecule has 34 heavy (non-hydrogen) atoms. The molecule has 0 bridgehead atoms. The Hall–Kier alpha value is -3.59. The number of rotatable bonds is 6. The summed E-state index contributed by atoms with van der Waals surface area (Å²) in [6.07, 6.45) is 7.09. The molecule has 8 heteroatoms. The van der Waals surface area contributed by atoms with E-state index in [-0.39, 0.29) is 18.1 Å². The first-order chi connectivity index (χ1) is 16.6. The van der Waals surface area contributed by atoms with E-state index >= 15 is 0 Å². The van der Waals surface area contributed by atoms with Crippen molar-refractivity contribution in [2.75, 3.05) is 19.3 Å². The van der Waals surface area contributed by atoms with Gasteiger partial charge in [-0.05, 0) is 55.9 Å². The van der Waals surface area contributed by atoms with Crippen LogP contribution in [0, 0.1) is 28.6 Å². The maximum Gasteiger partial charge on any atom is 0.187 e. The number of nitrogens with zero attached hydrogens (tertiary/aromatic N) is 6. The van der Waals surface area contributed by atoms with Gasteiger partial charge < -0.3 is 0 Å². The van der Waals surface area contributed by atoms with E-state index in [1.54, 1.807) is 30.6 Å². The number of carbonyl (C=O) groups excluding carboxylic acids is 1. The number of ketones is 1. The summed E-state index contributed by atoms with van der Waals surface area (Å²) in [6, 6.07) is 19.7. The molecule has 1 aliphatic rings. The quantitative estimate of drug-likeness (QED) is 0.382. The van der Waals surface area contributed by atoms with Gasteiger partial charge in [0.15, 0.2) is 5.16 Å². The minimum atomic E-state index is 0.0728. The Kier molecular flexibility index (Phi) is 9.72. The monoisotopic (exact) mass is 470 g/mol. The van der Waals surface area contributed by atoms with E-state index in [1.807, 2.05) is 18.4 Å². The molecule has 0 atom stereocenters. The molecule has 1 saturated heterocycles. The number of likely N-dealkylation sites (tertiary alicyclic amines) is 1. The molecule has 0 amide bonds. The van der Waals surface area contributed by atoms with E-state index in [9.17, 15) is 4.79 Å². The Balaban J connectivity index is 0.000000192. The van der Waals surface area contributed by atoms with Crippen molar-refractivity contribution >= 4 is 17.5 Å². The lowest BCUT2D eigenvalue weighted by Gasteiger charge is -2.30. The Morgan fingerprint density at radius 1 is 1.06 bits per heavy atom. The van der Waals surface area contributed by atoms with Crippen LogP contribution in [0.4, 0.5) is 0 Å². The molecule has 0 spiro atoms. The number of hydrogen-bond donors (Lipinski definition) is 0. The molecule has 0 aliphatic carbocycles. The lowest BCUT2D eigenvalue weighted by atomic mass is 9.91. The SMILES string of the molecule is CSc1nccc(-c2ncccc2C#N)n1.N#CCC(=O)C1CCN(Cc2ccccc2)CC1. The van der Waals surface area contributed by atoms with Gasteiger partial charge in [0.2, 0.25) is 0 Å². The summed E-state index contributed by atoms with van der Waals surface area (Å²) in [4.78, 5) is 26.6. The second-order valence-electron chi connectivity index (χ2n) is 7.78. The second kappa shape index (κ2) is 13.2. The molecular formula is C26H26N6OS. The third kappa shape index (κ3) is 7.21. The molecule has 0 N–H and O–H groups in total. The van der Waals surface area contributed by atoms with Crippen molar-refractivity contribution < 1.29 is 4.79 Å². The van der Waals surface area contributed by atoms with Crippen LogP contribution in [0.5, 0.6) is 0 Å². The van der Waals surface area contributed by atoms with Gasteiger partial charge in [-0.15, -0.1) is 0 Å². The van der Waals surface area contributed by atoms with E-state index in [0.717, 1.165) is 32.5 Å². The smallest absolute Gasteiger partial charge is 0.187 e. The van der Waals surface area contributed by atoms with E-state index in [1.165, 1.54) is 17.3 Å². The molecule has 2 aromatic heterocycles. The highest BCUT2D eigenvalue weighted by Gasteiger charge is 2.24. The standard InChI is InChI=1S/C15H18N2O.C11H8N4S/c16-9-6-15(18)14-7-10-17(11-8-14)12-13-4-2-1-3-5-13;1-16-11-14-6-4-9(15-11)10-8(7-12)3-2-5-13-10/h1-5,14H,6-8,10-12H2;2-6H,1H3. The molecule has 0 saturated carbocycles. The van der Waals surface area contributed by atoms with Gasteiger partial charge in [-0.1, -0.05) is 42.1 Å². The normalized spacial score (nSPS) is 13.7. The lowest BCUT2D eigenvalue weighted by Crippen LogP contribution is -2.35. The summed E-state index contributed by atoms with van der Waals surface area (Å²) in [7, 11) is 0. The fraction of sp³-hybridized carbons (Fsp3) is 0.308. The average Bonchev–Trinajstić information content (AvgIpc) is 2.90. The highest BCUT2D eigenvalue weighted by molar-refractivity contribution is 7.98. The van der Waals surface area contributed by atoms with Crippen molar-refractivity contribution in [2.24, 2.45) is 5.92 Å². The van der Waals surface area contributed by atoms with Gasteiger partial charge in [-0.3, -0.25) is 14.7 Å². The van der Waals surface area contributed by atoms with E-state index in [0.29, 0.717) is 22.1 Å². The van der Waals surface area contributed by atoms with Crippen LogP contribution in [0.3, 0.4) is 0 Å². The van der Waals surface area contributed by atoms with Gasteiger partial charge >= 0.3 is 0 Å². The molecule has 0 unspecified atom stereocenters. The fourth-order valence-electron chi connectivity index (χ4n) is 3.75. The summed E-state index contributed by atoms with van der Waals surface area (Å²) < 4.78 is 0. The van der Waals surface area contributed by atoms with Crippen molar-refractivity contribution in [3.63, 3.8) is 0 Å². The summed E-state index contributed by atoms with van der Waals surface area (Å²) in [5.74, 6) is 0.230. The van der Waals surface area contributed by atoms with Crippen LogP contribution in [-0.4, -0.2) is 45.0 Å². The number of aromatic nitrogens is 3. The first kappa shape index (κ1) is 25.0. The maximum atomic E-state index is 11.6. The number of carbonyl (C=O) groups is 1. The fourth-order valence-corrected chi connectivity index (χ4v) is 4.10. The topological polar surface area (TPSA) is 107 Å². The highest BCUT2D eigenvalue weighted by Crippen LogP contribution is 2.21. The highest BCUT2D eigenvalue weighted by atomic mass is 32.2. The molecular weight excluding hydrogens is 444 g/mol. The minimum Gasteiger partial charge on any atom is -0.299 e. The van der Waals surface area contributed by atoms with Crippen LogP contribution in [0.15, 0.2) is 66.1 Å². The van der Waals surface area contributed by atoms with Crippen LogP contribution >= 0.6 is 11.8 Å². The molecule has 172 valence electrons. The van der Waals surface area contributed by atoms with Gasteiger partial charge in [0.25, 0.3) is 0 Å². The first-order valence-electron chi connectivity index (χ1n) is 11.0. The van der Waals surface area contributed by atoms with Crippen LogP contribution in [0.25, 0.3) is 11.4 Å². The zero-order valence-corrected chi connectivity index (χ0v) is 19.9. The Morgan fingerprint density at radius 2 is 1.82 bits per heavy atom. The van der Waals surface area contributed by atoms with E-state index < -0.39 is 0 Å². The number of benzene rings is 1. The van der Waals surface area contributed by atoms with Crippen LogP contribution in [-0.2, 0) is 11.3 Å². The molecule has 3 heterocycles. The Bertz CT molecular complexity index is 1160. The number of piperidine rings is 1. The van der Waals surface area contributed by atoms with Crippen molar-refractivity contribution in [1.82, 2.24) is 19.9 Å². The predicted molar refractivity (Wildman–Crippen MR) is 131 cm³/mol. The summed E-state index contributed by atoms with van der Waals surface area (Å²) >= 11 is 1.46. The van der Waals surface area contributed by atoms with Gasteiger partial charge in [-0.2, -0.15) is 10.5 Å². The second-order valence-corrected chi connectivity index (χ2v) is 8.55. The molecule has 4 rings (SSSR count). The number of pyridine rings is 1. The van der Waals surface area contributed by atoms with Crippen molar-refractivity contribution in [3.8, 4) is 23.5 Å². The molecule has 1 aromatic carbocycles. The largest absolute Gasteiger partial charge is 0.299 e. The molecule has 3 aromatic rings. The molecule has 7 nitrogen and oxygen atoms in total. The van der Waals surface area contributed by atoms with Gasteiger partial charge in [0.1, 0.15) is 17.5 Å². The van der Waals surface area contributed by atoms with Crippen LogP contribution in [0.1, 0.15) is 30.4 Å². The molecule has 0 radical (unpaired) electrons. The van der Waals surface area contributed by atoms with Crippen LogP contribution in [0.2, 0.25) is 0 Å². The number of thioether (sulfide) groups is 1. The minimum absolute atomic E-state index is 0.0728. The Labute approximate surface area is 204 Å². The maximum absolute atomic E-state index is 11.6. The predicted octanol–water partition coefficient (Wildman–Crippen LogP) is 4.51. The summed E-state index contributed by atoms with van der Waals surface area (Å²) in [6.45, 7) is 2.87. The Morgan fingerprint density at radius 3 is 2.50 bits per heavy atom. The van der Waals surface area contributed by atoms with Crippen molar-refractivity contribution in [1.29, 1.82) is 10.5 Å². The molecule has 1 aliphatic heterocycles. The third-order valence-electron chi connectivity index (χ3n) is 5.53. The first-order valence-corrected chi connectivity index (χ1v) is 12.3. The van der Waals surface area contributed by atoms with Crippen molar-refractivity contribution in [2.45, 2.75) is 31.0 Å². The number of nitriles is 2. The number of hydrogen-bond acceptors (Lipinski definition) is 8. The van der Waals surface area contributed by atoms with Gasteiger partial charge in [0, 0.05) is 24.9 Å².